The molecule has 1 aliphatic heterocycles. The molecule has 0 bridgehead atoms. The predicted molar refractivity (Wildman–Crippen MR) is 61.7 cm³/mol. The van der Waals surface area contributed by atoms with Gasteiger partial charge in [0.15, 0.2) is 0 Å². The molecular weight excluding hydrogens is 186 g/mol. The fraction of sp³-hybridized carbons (Fsp3) is 0.923. The van der Waals surface area contributed by atoms with Crippen LogP contribution in [0.4, 0.5) is 0 Å². The molecule has 1 saturated carbocycles. The molecule has 1 N–H and O–H groups in total. The van der Waals surface area contributed by atoms with Crippen LogP contribution in [0.1, 0.15) is 39.5 Å². The zero-order valence-electron chi connectivity index (χ0n) is 9.96. The van der Waals surface area contributed by atoms with E-state index in [2.05, 4.69) is 19.2 Å². The van der Waals surface area contributed by atoms with Crippen LogP contribution in [-0.4, -0.2) is 18.9 Å². The molecule has 2 unspecified atom stereocenters. The van der Waals surface area contributed by atoms with Crippen molar-refractivity contribution in [3.8, 4) is 0 Å². The van der Waals surface area contributed by atoms with Gasteiger partial charge in [-0.1, -0.05) is 13.8 Å². The van der Waals surface area contributed by atoms with Crippen LogP contribution in [-0.2, 0) is 4.79 Å². The van der Waals surface area contributed by atoms with Crippen molar-refractivity contribution in [2.24, 2.45) is 23.7 Å². The molecule has 1 aliphatic carbocycles. The van der Waals surface area contributed by atoms with Crippen molar-refractivity contribution < 1.29 is 4.79 Å². The van der Waals surface area contributed by atoms with Crippen molar-refractivity contribution in [3.05, 3.63) is 0 Å². The molecular formula is C13H23NO. The summed E-state index contributed by atoms with van der Waals surface area (Å²) in [6.45, 7) is 6.70. The van der Waals surface area contributed by atoms with Gasteiger partial charge in [-0.3, -0.25) is 4.79 Å². The normalized spacial score (nSPS) is 37.3. The molecule has 2 aliphatic rings. The van der Waals surface area contributed by atoms with Crippen LogP contribution < -0.4 is 5.32 Å². The highest BCUT2D eigenvalue weighted by Gasteiger charge is 2.31. The Bertz CT molecular complexity index is 225. The van der Waals surface area contributed by atoms with Gasteiger partial charge >= 0.3 is 0 Å². The van der Waals surface area contributed by atoms with E-state index >= 15 is 0 Å². The number of rotatable bonds is 3. The average molecular weight is 209 g/mol. The van der Waals surface area contributed by atoms with Crippen molar-refractivity contribution in [2.45, 2.75) is 39.5 Å². The first-order chi connectivity index (χ1) is 7.15. The third-order valence-electron chi connectivity index (χ3n) is 3.99. The number of hydrogen-bond acceptors (Lipinski definition) is 2. The van der Waals surface area contributed by atoms with E-state index in [0.29, 0.717) is 17.6 Å². The van der Waals surface area contributed by atoms with Gasteiger partial charge in [0.1, 0.15) is 5.78 Å². The molecule has 0 spiro atoms. The first-order valence-electron chi connectivity index (χ1n) is 6.38. The van der Waals surface area contributed by atoms with E-state index in [0.717, 1.165) is 44.2 Å². The van der Waals surface area contributed by atoms with Gasteiger partial charge in [0, 0.05) is 12.3 Å². The largest absolute Gasteiger partial charge is 0.316 e. The second-order valence-corrected chi connectivity index (χ2v) is 5.81. The molecule has 1 saturated heterocycles. The molecule has 0 amide bonds. The summed E-state index contributed by atoms with van der Waals surface area (Å²) in [4.78, 5) is 12.1. The molecule has 2 nitrogen and oxygen atoms in total. The second kappa shape index (κ2) is 4.65. The predicted octanol–water partition coefficient (Wildman–Crippen LogP) is 2.24. The molecule has 0 aromatic rings. The van der Waals surface area contributed by atoms with Crippen molar-refractivity contribution in [1.82, 2.24) is 5.32 Å². The average Bonchev–Trinajstić information content (AvgIpc) is 2.09. The van der Waals surface area contributed by atoms with E-state index in [4.69, 9.17) is 0 Å². The van der Waals surface area contributed by atoms with Gasteiger partial charge in [0.25, 0.3) is 0 Å². The van der Waals surface area contributed by atoms with Gasteiger partial charge in [0.2, 0.25) is 0 Å². The van der Waals surface area contributed by atoms with Crippen LogP contribution in [0.15, 0.2) is 0 Å². The van der Waals surface area contributed by atoms with Crippen LogP contribution in [0.5, 0.6) is 0 Å². The standard InChI is InChI=1S/C13H23NO/c1-9-3-10(2)5-12(4-9)13(15)6-11-7-14-8-11/h9-12,14H,3-8H2,1-2H3. The Balaban J connectivity index is 1.82. The summed E-state index contributed by atoms with van der Waals surface area (Å²) in [5, 5.41) is 3.23. The summed E-state index contributed by atoms with van der Waals surface area (Å²) in [6, 6.07) is 0. The fourth-order valence-corrected chi connectivity index (χ4v) is 3.15. The van der Waals surface area contributed by atoms with E-state index in [-0.39, 0.29) is 0 Å². The zero-order valence-corrected chi connectivity index (χ0v) is 9.96. The van der Waals surface area contributed by atoms with Gasteiger partial charge in [-0.15, -0.1) is 0 Å². The van der Waals surface area contributed by atoms with Gasteiger partial charge in [-0.25, -0.2) is 0 Å². The number of hydrogen-bond donors (Lipinski definition) is 1. The maximum atomic E-state index is 12.1. The smallest absolute Gasteiger partial charge is 0.136 e. The first-order valence-corrected chi connectivity index (χ1v) is 6.38. The monoisotopic (exact) mass is 209 g/mol. The first kappa shape index (κ1) is 11.1. The van der Waals surface area contributed by atoms with Gasteiger partial charge in [-0.05, 0) is 50.1 Å². The minimum atomic E-state index is 0.379. The Hall–Kier alpha value is -0.370. The third kappa shape index (κ3) is 2.81. The number of carbonyl (C=O) groups excluding carboxylic acids is 1. The molecule has 2 atom stereocenters. The zero-order chi connectivity index (χ0) is 10.8. The van der Waals surface area contributed by atoms with E-state index < -0.39 is 0 Å². The molecule has 2 rings (SSSR count). The molecule has 0 radical (unpaired) electrons. The number of carbonyl (C=O) groups is 1. The highest BCUT2D eigenvalue weighted by molar-refractivity contribution is 5.81. The minimum absolute atomic E-state index is 0.379. The van der Waals surface area contributed by atoms with Crippen LogP contribution in [0, 0.1) is 23.7 Å². The lowest BCUT2D eigenvalue weighted by atomic mass is 9.73. The van der Waals surface area contributed by atoms with Crippen molar-refractivity contribution in [3.63, 3.8) is 0 Å². The molecule has 15 heavy (non-hydrogen) atoms. The van der Waals surface area contributed by atoms with Crippen LogP contribution >= 0.6 is 0 Å². The quantitative estimate of drug-likeness (QED) is 0.772. The van der Waals surface area contributed by atoms with E-state index in [1.54, 1.807) is 0 Å². The summed E-state index contributed by atoms with van der Waals surface area (Å²) in [6.07, 6.45) is 4.43. The Morgan fingerprint density at radius 1 is 1.13 bits per heavy atom. The van der Waals surface area contributed by atoms with Gasteiger partial charge < -0.3 is 5.32 Å². The maximum absolute atomic E-state index is 12.1. The van der Waals surface area contributed by atoms with E-state index in [1.165, 1.54) is 6.42 Å². The Morgan fingerprint density at radius 2 is 1.73 bits per heavy atom. The lowest BCUT2D eigenvalue weighted by molar-refractivity contribution is -0.126. The lowest BCUT2D eigenvalue weighted by Gasteiger charge is -2.33. The fourth-order valence-electron chi connectivity index (χ4n) is 3.15. The number of ketones is 1. The highest BCUT2D eigenvalue weighted by Crippen LogP contribution is 2.34. The Kier molecular flexibility index (Phi) is 3.45. The summed E-state index contributed by atoms with van der Waals surface area (Å²) < 4.78 is 0. The van der Waals surface area contributed by atoms with Gasteiger partial charge in [-0.2, -0.15) is 0 Å². The topological polar surface area (TPSA) is 29.1 Å². The summed E-state index contributed by atoms with van der Waals surface area (Å²) in [5.74, 6) is 3.07. The van der Waals surface area contributed by atoms with Crippen molar-refractivity contribution in [2.75, 3.05) is 13.1 Å². The third-order valence-corrected chi connectivity index (χ3v) is 3.99. The van der Waals surface area contributed by atoms with Crippen molar-refractivity contribution >= 4 is 5.78 Å². The van der Waals surface area contributed by atoms with E-state index in [1.807, 2.05) is 0 Å². The van der Waals surface area contributed by atoms with Crippen molar-refractivity contribution in [1.29, 1.82) is 0 Å². The summed E-state index contributed by atoms with van der Waals surface area (Å²) >= 11 is 0. The summed E-state index contributed by atoms with van der Waals surface area (Å²) in [5.41, 5.74) is 0. The van der Waals surface area contributed by atoms with Crippen LogP contribution in [0.3, 0.4) is 0 Å². The molecule has 2 heteroatoms. The second-order valence-electron chi connectivity index (χ2n) is 5.81. The number of nitrogens with one attached hydrogen (secondary N) is 1. The van der Waals surface area contributed by atoms with Gasteiger partial charge in [0.05, 0.1) is 0 Å². The highest BCUT2D eigenvalue weighted by atomic mass is 16.1. The molecule has 0 aromatic carbocycles. The Morgan fingerprint density at radius 3 is 2.20 bits per heavy atom. The Labute approximate surface area is 92.8 Å². The summed E-state index contributed by atoms with van der Waals surface area (Å²) in [7, 11) is 0. The van der Waals surface area contributed by atoms with Crippen LogP contribution in [0.25, 0.3) is 0 Å². The molecule has 0 aromatic heterocycles. The molecule has 86 valence electrons. The molecule has 2 fully saturated rings. The minimum Gasteiger partial charge on any atom is -0.316 e. The lowest BCUT2D eigenvalue weighted by Crippen LogP contribution is -2.44. The SMILES string of the molecule is CC1CC(C)CC(C(=O)CC2CNC2)C1. The van der Waals surface area contributed by atoms with Crippen LogP contribution in [0.2, 0.25) is 0 Å². The number of Topliss-reactive ketones (excluding diaryl/α,β-unsaturated/α-hetero) is 1. The van der Waals surface area contributed by atoms with E-state index in [9.17, 15) is 4.79 Å². The maximum Gasteiger partial charge on any atom is 0.136 e. The molecule has 1 heterocycles.